The van der Waals surface area contributed by atoms with Crippen LogP contribution in [0.5, 0.6) is 0 Å². The molecule has 0 saturated heterocycles. The molecule has 0 aliphatic carbocycles. The van der Waals surface area contributed by atoms with Gasteiger partial charge in [-0.25, -0.2) is 9.97 Å². The van der Waals surface area contributed by atoms with E-state index >= 15 is 0 Å². The predicted molar refractivity (Wildman–Crippen MR) is 101 cm³/mol. The summed E-state index contributed by atoms with van der Waals surface area (Å²) in [6.07, 6.45) is 0. The third-order valence-corrected chi connectivity index (χ3v) is 4.92. The van der Waals surface area contributed by atoms with Gasteiger partial charge in [-0.2, -0.15) is 0 Å². The van der Waals surface area contributed by atoms with Crippen molar-refractivity contribution in [3.05, 3.63) is 58.4 Å². The maximum Gasteiger partial charge on any atom is 0.251 e. The number of aromatic nitrogens is 3. The van der Waals surface area contributed by atoms with Gasteiger partial charge in [0.05, 0.1) is 16.7 Å². The summed E-state index contributed by atoms with van der Waals surface area (Å²) in [4.78, 5) is 24.2. The molecule has 0 aliphatic rings. The van der Waals surface area contributed by atoms with E-state index in [1.807, 2.05) is 35.7 Å². The molecule has 0 fully saturated rings. The van der Waals surface area contributed by atoms with E-state index in [9.17, 15) is 4.79 Å². The Morgan fingerprint density at radius 1 is 1.16 bits per heavy atom. The molecular formula is C18H13ClN4OS. The summed E-state index contributed by atoms with van der Waals surface area (Å²) in [6.45, 7) is 0. The number of benzene rings is 2. The van der Waals surface area contributed by atoms with Gasteiger partial charge in [0, 0.05) is 28.6 Å². The van der Waals surface area contributed by atoms with E-state index in [1.54, 1.807) is 19.2 Å². The highest BCUT2D eigenvalue weighted by Crippen LogP contribution is 2.29. The molecule has 4 rings (SSSR count). The van der Waals surface area contributed by atoms with Gasteiger partial charge in [-0.3, -0.25) is 4.79 Å². The number of imidazole rings is 1. The van der Waals surface area contributed by atoms with Crippen LogP contribution in [0.15, 0.2) is 47.8 Å². The highest BCUT2D eigenvalue weighted by molar-refractivity contribution is 7.13. The first kappa shape index (κ1) is 15.8. The number of H-pyrrole nitrogens is 1. The molecule has 7 heteroatoms. The average Bonchev–Trinajstić information content (AvgIpc) is 3.27. The van der Waals surface area contributed by atoms with Gasteiger partial charge < -0.3 is 10.3 Å². The van der Waals surface area contributed by atoms with Gasteiger partial charge >= 0.3 is 0 Å². The summed E-state index contributed by atoms with van der Waals surface area (Å²) >= 11 is 7.44. The van der Waals surface area contributed by atoms with E-state index in [4.69, 9.17) is 11.6 Å². The second kappa shape index (κ2) is 6.31. The Morgan fingerprint density at radius 2 is 1.96 bits per heavy atom. The van der Waals surface area contributed by atoms with Crippen LogP contribution in [-0.2, 0) is 0 Å². The Kier molecular flexibility index (Phi) is 3.99. The molecule has 0 spiro atoms. The summed E-state index contributed by atoms with van der Waals surface area (Å²) in [5.74, 6) is 0.556. The molecule has 2 aromatic carbocycles. The van der Waals surface area contributed by atoms with E-state index in [0.717, 1.165) is 27.3 Å². The number of aromatic amines is 1. The van der Waals surface area contributed by atoms with Crippen LogP contribution in [0.25, 0.3) is 33.1 Å². The van der Waals surface area contributed by atoms with Gasteiger partial charge in [0.15, 0.2) is 10.8 Å². The summed E-state index contributed by atoms with van der Waals surface area (Å²) in [7, 11) is 1.61. The largest absolute Gasteiger partial charge is 0.355 e. The lowest BCUT2D eigenvalue weighted by Crippen LogP contribution is -2.17. The Morgan fingerprint density at radius 3 is 2.72 bits per heavy atom. The fraction of sp³-hybridized carbons (Fsp3) is 0.0556. The number of fused-ring (bicyclic) bond motifs is 1. The van der Waals surface area contributed by atoms with Crippen molar-refractivity contribution in [2.75, 3.05) is 7.05 Å². The molecule has 2 N–H and O–H groups in total. The fourth-order valence-electron chi connectivity index (χ4n) is 2.53. The SMILES string of the molecule is CNC(=O)c1ccc2[nH]c(-c3nc(-c4ccc(Cl)cc4)cs3)nc2c1. The zero-order chi connectivity index (χ0) is 17.4. The first-order valence-electron chi connectivity index (χ1n) is 7.58. The van der Waals surface area contributed by atoms with Crippen LogP contribution < -0.4 is 5.32 Å². The predicted octanol–water partition coefficient (Wildman–Crippen LogP) is 4.37. The van der Waals surface area contributed by atoms with Crippen LogP contribution >= 0.6 is 22.9 Å². The number of thiazole rings is 1. The molecule has 1 amide bonds. The number of hydrogen-bond acceptors (Lipinski definition) is 4. The second-order valence-corrected chi connectivity index (χ2v) is 6.74. The van der Waals surface area contributed by atoms with Crippen LogP contribution in [0.1, 0.15) is 10.4 Å². The smallest absolute Gasteiger partial charge is 0.251 e. The zero-order valence-electron chi connectivity index (χ0n) is 13.2. The fourth-order valence-corrected chi connectivity index (χ4v) is 3.43. The third kappa shape index (κ3) is 3.01. The summed E-state index contributed by atoms with van der Waals surface area (Å²) in [5, 5.41) is 6.09. The number of amides is 1. The van der Waals surface area contributed by atoms with Gasteiger partial charge in [-0.15, -0.1) is 11.3 Å². The number of carbonyl (C=O) groups excluding carboxylic acids is 1. The average molecular weight is 369 g/mol. The van der Waals surface area contributed by atoms with Crippen LogP contribution in [-0.4, -0.2) is 27.9 Å². The number of carbonyl (C=O) groups is 1. The first-order valence-corrected chi connectivity index (χ1v) is 8.83. The van der Waals surface area contributed by atoms with Crippen LogP contribution in [0.3, 0.4) is 0 Å². The van der Waals surface area contributed by atoms with E-state index in [-0.39, 0.29) is 5.91 Å². The van der Waals surface area contributed by atoms with Gasteiger partial charge in [0.25, 0.3) is 5.91 Å². The normalized spacial score (nSPS) is 11.0. The van der Waals surface area contributed by atoms with Gasteiger partial charge in [0.2, 0.25) is 0 Å². The highest BCUT2D eigenvalue weighted by atomic mass is 35.5. The zero-order valence-corrected chi connectivity index (χ0v) is 14.8. The molecule has 124 valence electrons. The molecule has 0 aliphatic heterocycles. The minimum atomic E-state index is -0.134. The highest BCUT2D eigenvalue weighted by Gasteiger charge is 2.12. The van der Waals surface area contributed by atoms with Crippen molar-refractivity contribution in [1.82, 2.24) is 20.3 Å². The molecule has 2 heterocycles. The lowest BCUT2D eigenvalue weighted by molar-refractivity contribution is 0.0963. The number of nitrogens with zero attached hydrogens (tertiary/aromatic N) is 2. The monoisotopic (exact) mass is 368 g/mol. The van der Waals surface area contributed by atoms with E-state index < -0.39 is 0 Å². The molecular weight excluding hydrogens is 356 g/mol. The maximum atomic E-state index is 11.7. The second-order valence-electron chi connectivity index (χ2n) is 5.44. The topological polar surface area (TPSA) is 70.7 Å². The van der Waals surface area contributed by atoms with Crippen LogP contribution in [0.4, 0.5) is 0 Å². The van der Waals surface area contributed by atoms with Crippen LogP contribution in [0.2, 0.25) is 5.02 Å². The van der Waals surface area contributed by atoms with Crippen molar-refractivity contribution in [2.45, 2.75) is 0 Å². The Hall–Kier alpha value is -2.70. The van der Waals surface area contributed by atoms with Crippen molar-refractivity contribution in [1.29, 1.82) is 0 Å². The number of nitrogens with one attached hydrogen (secondary N) is 2. The van der Waals surface area contributed by atoms with Crippen molar-refractivity contribution < 1.29 is 4.79 Å². The van der Waals surface area contributed by atoms with Crippen molar-refractivity contribution in [3.63, 3.8) is 0 Å². The molecule has 0 atom stereocenters. The van der Waals surface area contributed by atoms with Crippen molar-refractivity contribution in [2.24, 2.45) is 0 Å². The number of rotatable bonds is 3. The molecule has 0 unspecified atom stereocenters. The number of halogens is 1. The molecule has 0 bridgehead atoms. The quantitative estimate of drug-likeness (QED) is 0.564. The Labute approximate surface area is 152 Å². The summed E-state index contributed by atoms with van der Waals surface area (Å²) in [5.41, 5.74) is 4.06. The molecule has 2 aromatic heterocycles. The standard InChI is InChI=1S/C18H13ClN4OS/c1-20-17(24)11-4-7-13-14(8-11)22-16(21-13)18-23-15(9-25-18)10-2-5-12(19)6-3-10/h2-9H,1H3,(H,20,24)(H,21,22). The summed E-state index contributed by atoms with van der Waals surface area (Å²) < 4.78 is 0. The maximum absolute atomic E-state index is 11.7. The minimum Gasteiger partial charge on any atom is -0.355 e. The molecule has 0 saturated carbocycles. The van der Waals surface area contributed by atoms with Crippen molar-refractivity contribution in [3.8, 4) is 22.1 Å². The van der Waals surface area contributed by atoms with Crippen LogP contribution in [0, 0.1) is 0 Å². The van der Waals surface area contributed by atoms with E-state index in [1.165, 1.54) is 11.3 Å². The van der Waals surface area contributed by atoms with E-state index in [2.05, 4.69) is 20.3 Å². The molecule has 25 heavy (non-hydrogen) atoms. The van der Waals surface area contributed by atoms with Gasteiger partial charge in [-0.05, 0) is 30.3 Å². The lowest BCUT2D eigenvalue weighted by atomic mass is 10.2. The van der Waals surface area contributed by atoms with Crippen molar-refractivity contribution >= 4 is 39.9 Å². The molecule has 5 nitrogen and oxygen atoms in total. The molecule has 4 aromatic rings. The first-order chi connectivity index (χ1) is 12.1. The van der Waals surface area contributed by atoms with Gasteiger partial charge in [0.1, 0.15) is 0 Å². The Bertz CT molecular complexity index is 1070. The Balaban J connectivity index is 1.70. The van der Waals surface area contributed by atoms with Gasteiger partial charge in [-0.1, -0.05) is 23.7 Å². The minimum absolute atomic E-state index is 0.134. The van der Waals surface area contributed by atoms with E-state index in [0.29, 0.717) is 16.4 Å². The number of hydrogen-bond donors (Lipinski definition) is 2. The third-order valence-electron chi connectivity index (χ3n) is 3.82. The summed E-state index contributed by atoms with van der Waals surface area (Å²) in [6, 6.07) is 13.0. The molecule has 0 radical (unpaired) electrons. The lowest BCUT2D eigenvalue weighted by Gasteiger charge is -1.97.